The summed E-state index contributed by atoms with van der Waals surface area (Å²) in [6, 6.07) is 6.05. The van der Waals surface area contributed by atoms with Crippen LogP contribution >= 0.6 is 11.3 Å². The number of aromatic nitrogens is 1. The molecule has 6 nitrogen and oxygen atoms in total. The number of amides is 1. The van der Waals surface area contributed by atoms with E-state index in [1.807, 2.05) is 0 Å². The Balaban J connectivity index is 2.22. The Kier molecular flexibility index (Phi) is 11.2. The normalized spacial score (nSPS) is 13.3. The number of allylic oxidation sites excluding steroid dienone is 2. The maximum atomic E-state index is 13.0. The first-order valence-corrected chi connectivity index (χ1v) is 12.5. The number of rotatable bonds is 12. The SMILES string of the molecule is CCCCOc1ccc(C[C@H](NC(=O)C(F)(F)F)c2nc(/C=C(C)/C=C(/C)C(=O)OCC)cs2)cc1. The van der Waals surface area contributed by atoms with Crippen LogP contribution in [-0.4, -0.2) is 36.3 Å². The molecule has 0 radical (unpaired) electrons. The summed E-state index contributed by atoms with van der Waals surface area (Å²) in [5.41, 5.74) is 2.36. The van der Waals surface area contributed by atoms with Crippen molar-refractivity contribution >= 4 is 29.3 Å². The molecule has 1 aromatic carbocycles. The lowest BCUT2D eigenvalue weighted by molar-refractivity contribution is -0.174. The standard InChI is InChI=1S/C26H31F3N2O4S/c1-5-7-12-35-21-10-8-19(9-11-21)15-22(31-25(33)26(27,28)29)23-30-20(16-36-23)14-17(3)13-18(4)24(32)34-6-2/h8-11,13-14,16,22H,5-7,12,15H2,1-4H3,(H,31,33)/b17-14+,18-13-/t22-/m0/s1. The van der Waals surface area contributed by atoms with Crippen molar-refractivity contribution in [1.82, 2.24) is 10.3 Å². The summed E-state index contributed by atoms with van der Waals surface area (Å²) in [5.74, 6) is -1.78. The molecule has 1 aromatic heterocycles. The number of halogens is 3. The van der Waals surface area contributed by atoms with Crippen LogP contribution in [0, 0.1) is 0 Å². The van der Waals surface area contributed by atoms with Crippen molar-refractivity contribution in [2.24, 2.45) is 0 Å². The molecule has 0 aliphatic rings. The molecule has 196 valence electrons. The third kappa shape index (κ3) is 9.49. The highest BCUT2D eigenvalue weighted by molar-refractivity contribution is 7.09. The molecule has 2 rings (SSSR count). The van der Waals surface area contributed by atoms with Crippen LogP contribution < -0.4 is 10.1 Å². The minimum Gasteiger partial charge on any atom is -0.494 e. The van der Waals surface area contributed by atoms with Crippen LogP contribution in [0.2, 0.25) is 0 Å². The number of thiazole rings is 1. The highest BCUT2D eigenvalue weighted by Crippen LogP contribution is 2.26. The zero-order valence-electron chi connectivity index (χ0n) is 20.8. The van der Waals surface area contributed by atoms with Crippen molar-refractivity contribution in [2.75, 3.05) is 13.2 Å². The van der Waals surface area contributed by atoms with Gasteiger partial charge in [0.1, 0.15) is 10.8 Å². The van der Waals surface area contributed by atoms with E-state index in [1.54, 1.807) is 62.6 Å². The van der Waals surface area contributed by atoms with Crippen LogP contribution in [0.1, 0.15) is 62.8 Å². The van der Waals surface area contributed by atoms with Gasteiger partial charge in [-0.15, -0.1) is 11.3 Å². The van der Waals surface area contributed by atoms with E-state index in [1.165, 1.54) is 0 Å². The Morgan fingerprint density at radius 3 is 2.47 bits per heavy atom. The number of nitrogens with one attached hydrogen (secondary N) is 1. The van der Waals surface area contributed by atoms with Gasteiger partial charge in [-0.25, -0.2) is 9.78 Å². The Hall–Kier alpha value is -3.14. The molecule has 36 heavy (non-hydrogen) atoms. The lowest BCUT2D eigenvalue weighted by Gasteiger charge is -2.18. The largest absolute Gasteiger partial charge is 0.494 e. The fourth-order valence-corrected chi connectivity index (χ4v) is 4.01. The summed E-state index contributed by atoms with van der Waals surface area (Å²) >= 11 is 1.15. The lowest BCUT2D eigenvalue weighted by Crippen LogP contribution is -2.39. The van der Waals surface area contributed by atoms with E-state index in [4.69, 9.17) is 9.47 Å². The van der Waals surface area contributed by atoms with Gasteiger partial charge in [-0.2, -0.15) is 13.2 Å². The molecule has 1 heterocycles. The quantitative estimate of drug-likeness (QED) is 0.155. The Morgan fingerprint density at radius 1 is 1.17 bits per heavy atom. The van der Waals surface area contributed by atoms with Crippen LogP contribution in [0.15, 0.2) is 46.9 Å². The van der Waals surface area contributed by atoms with E-state index < -0.39 is 24.1 Å². The number of hydrogen-bond acceptors (Lipinski definition) is 6. The van der Waals surface area contributed by atoms with E-state index in [2.05, 4.69) is 17.2 Å². The van der Waals surface area contributed by atoms with Gasteiger partial charge in [0.2, 0.25) is 0 Å². The minimum absolute atomic E-state index is 0.120. The van der Waals surface area contributed by atoms with Gasteiger partial charge in [0.05, 0.1) is 24.9 Å². The molecular formula is C26H31F3N2O4S. The summed E-state index contributed by atoms with van der Waals surface area (Å²) in [6.07, 6.45) is 0.379. The second-order valence-electron chi connectivity index (χ2n) is 8.12. The number of unbranched alkanes of at least 4 members (excludes halogenated alkanes) is 1. The van der Waals surface area contributed by atoms with Crippen LogP contribution in [-0.2, 0) is 20.7 Å². The second kappa shape index (κ2) is 13.8. The van der Waals surface area contributed by atoms with Crippen molar-refractivity contribution in [3.05, 3.63) is 63.1 Å². The molecule has 0 bridgehead atoms. The van der Waals surface area contributed by atoms with Crippen molar-refractivity contribution in [3.8, 4) is 5.75 Å². The average Bonchev–Trinajstić information content (AvgIpc) is 3.27. The van der Waals surface area contributed by atoms with Gasteiger partial charge in [-0.05, 0) is 69.0 Å². The number of benzene rings is 1. The Labute approximate surface area is 213 Å². The molecule has 1 atom stereocenters. The molecule has 0 spiro atoms. The Morgan fingerprint density at radius 2 is 1.86 bits per heavy atom. The molecule has 1 amide bonds. The van der Waals surface area contributed by atoms with E-state index in [9.17, 15) is 22.8 Å². The van der Waals surface area contributed by atoms with Crippen LogP contribution in [0.4, 0.5) is 13.2 Å². The first-order valence-electron chi connectivity index (χ1n) is 11.6. The van der Waals surface area contributed by atoms with Gasteiger partial charge in [0.25, 0.3) is 0 Å². The smallest absolute Gasteiger partial charge is 0.471 e. The van der Waals surface area contributed by atoms with Crippen molar-refractivity contribution < 1.29 is 32.2 Å². The van der Waals surface area contributed by atoms with E-state index in [0.29, 0.717) is 34.2 Å². The van der Waals surface area contributed by atoms with Crippen molar-refractivity contribution in [3.63, 3.8) is 0 Å². The molecule has 1 N–H and O–H groups in total. The highest BCUT2D eigenvalue weighted by Gasteiger charge is 2.40. The van der Waals surface area contributed by atoms with E-state index >= 15 is 0 Å². The fraction of sp³-hybridized carbons (Fsp3) is 0.423. The molecule has 0 aliphatic heterocycles. The number of esters is 1. The summed E-state index contributed by atoms with van der Waals surface area (Å²) in [5, 5.41) is 4.08. The lowest BCUT2D eigenvalue weighted by atomic mass is 10.1. The van der Waals surface area contributed by atoms with Gasteiger partial charge in [-0.1, -0.05) is 25.5 Å². The van der Waals surface area contributed by atoms with Gasteiger partial charge in [-0.3, -0.25) is 4.79 Å². The van der Waals surface area contributed by atoms with Crippen LogP contribution in [0.25, 0.3) is 6.08 Å². The first kappa shape index (κ1) is 29.1. The molecular weight excluding hydrogens is 493 g/mol. The number of carbonyl (C=O) groups is 2. The fourth-order valence-electron chi connectivity index (χ4n) is 3.18. The maximum absolute atomic E-state index is 13.0. The predicted molar refractivity (Wildman–Crippen MR) is 134 cm³/mol. The topological polar surface area (TPSA) is 77.5 Å². The van der Waals surface area contributed by atoms with Crippen molar-refractivity contribution in [1.29, 1.82) is 0 Å². The van der Waals surface area contributed by atoms with Crippen molar-refractivity contribution in [2.45, 2.75) is 59.2 Å². The van der Waals surface area contributed by atoms with E-state index in [-0.39, 0.29) is 13.0 Å². The van der Waals surface area contributed by atoms with Gasteiger partial charge >= 0.3 is 18.1 Å². The summed E-state index contributed by atoms with van der Waals surface area (Å²) in [4.78, 5) is 27.9. The minimum atomic E-state index is -5.01. The van der Waals surface area contributed by atoms with E-state index in [0.717, 1.165) is 29.7 Å². The molecule has 0 saturated carbocycles. The highest BCUT2D eigenvalue weighted by atomic mass is 32.1. The van der Waals surface area contributed by atoms with Gasteiger partial charge in [0, 0.05) is 11.0 Å². The third-order valence-electron chi connectivity index (χ3n) is 4.95. The summed E-state index contributed by atoms with van der Waals surface area (Å²) < 4.78 is 49.5. The monoisotopic (exact) mass is 524 g/mol. The number of carbonyl (C=O) groups excluding carboxylic acids is 2. The number of hydrogen-bond donors (Lipinski definition) is 1. The second-order valence-corrected chi connectivity index (χ2v) is 9.01. The maximum Gasteiger partial charge on any atom is 0.471 e. The predicted octanol–water partition coefficient (Wildman–Crippen LogP) is 6.20. The summed E-state index contributed by atoms with van der Waals surface area (Å²) in [7, 11) is 0. The van der Waals surface area contributed by atoms with Gasteiger partial charge < -0.3 is 14.8 Å². The molecule has 0 saturated heterocycles. The molecule has 0 aliphatic carbocycles. The van der Waals surface area contributed by atoms with Gasteiger partial charge in [0.15, 0.2) is 0 Å². The first-order chi connectivity index (χ1) is 17.0. The molecule has 2 aromatic rings. The molecule has 0 fully saturated rings. The third-order valence-corrected chi connectivity index (χ3v) is 5.92. The summed E-state index contributed by atoms with van der Waals surface area (Å²) in [6.45, 7) is 8.03. The zero-order valence-corrected chi connectivity index (χ0v) is 21.6. The number of nitrogens with zero attached hydrogens (tertiary/aromatic N) is 1. The number of alkyl halides is 3. The Bertz CT molecular complexity index is 1080. The molecule has 0 unspecified atom stereocenters. The average molecular weight is 525 g/mol. The molecule has 10 heteroatoms. The number of ether oxygens (including phenoxy) is 2. The zero-order chi connectivity index (χ0) is 26.7. The van der Waals surface area contributed by atoms with Crippen LogP contribution in [0.5, 0.6) is 5.75 Å². The van der Waals surface area contributed by atoms with Crippen LogP contribution in [0.3, 0.4) is 0 Å².